The molecule has 25 heavy (non-hydrogen) atoms. The summed E-state index contributed by atoms with van der Waals surface area (Å²) in [5.74, 6) is 1.84. The Labute approximate surface area is 170 Å². The molecule has 0 atom stereocenters. The number of hydrogen-bond donors (Lipinski definition) is 1. The molecule has 0 unspecified atom stereocenters. The molecular formula is C19H35IN4O. The van der Waals surface area contributed by atoms with Crippen LogP contribution < -0.4 is 10.1 Å². The molecule has 0 fully saturated rings. The highest BCUT2D eigenvalue weighted by molar-refractivity contribution is 14.0. The number of guanidine groups is 1. The molecule has 0 saturated heterocycles. The fourth-order valence-electron chi connectivity index (χ4n) is 2.75. The molecule has 144 valence electrons. The highest BCUT2D eigenvalue weighted by Crippen LogP contribution is 2.18. The predicted molar refractivity (Wildman–Crippen MR) is 118 cm³/mol. The van der Waals surface area contributed by atoms with E-state index >= 15 is 0 Å². The van der Waals surface area contributed by atoms with Gasteiger partial charge in [-0.25, -0.2) is 0 Å². The van der Waals surface area contributed by atoms with Crippen LogP contribution in [0.1, 0.15) is 32.3 Å². The van der Waals surface area contributed by atoms with E-state index in [1.165, 1.54) is 13.0 Å². The Kier molecular flexibility index (Phi) is 13.6. The Balaban J connectivity index is 0.00000576. The number of nitrogens with zero attached hydrogens (tertiary/aromatic N) is 3. The minimum Gasteiger partial charge on any atom is -0.496 e. The number of ether oxygens (including phenoxy) is 1. The number of unbranched alkanes of at least 4 members (excludes halogenated alkanes) is 1. The van der Waals surface area contributed by atoms with Crippen molar-refractivity contribution in [2.24, 2.45) is 4.99 Å². The quantitative estimate of drug-likeness (QED) is 0.250. The molecule has 0 aliphatic rings. The summed E-state index contributed by atoms with van der Waals surface area (Å²) in [6, 6.07) is 8.11. The highest BCUT2D eigenvalue weighted by atomic mass is 127. The average molecular weight is 462 g/mol. The van der Waals surface area contributed by atoms with Gasteiger partial charge in [-0.05, 0) is 38.5 Å². The number of para-hydroxylation sites is 1. The van der Waals surface area contributed by atoms with Crippen molar-refractivity contribution < 1.29 is 4.74 Å². The number of rotatable bonds is 10. The normalized spacial score (nSPS) is 11.2. The van der Waals surface area contributed by atoms with Crippen LogP contribution in [0.25, 0.3) is 0 Å². The summed E-state index contributed by atoms with van der Waals surface area (Å²) < 4.78 is 5.42. The molecule has 0 spiro atoms. The number of hydrogen-bond acceptors (Lipinski definition) is 3. The van der Waals surface area contributed by atoms with Gasteiger partial charge in [0, 0.05) is 32.7 Å². The van der Waals surface area contributed by atoms with Crippen molar-refractivity contribution in [3.63, 3.8) is 0 Å². The summed E-state index contributed by atoms with van der Waals surface area (Å²) in [7, 11) is 5.59. The van der Waals surface area contributed by atoms with Gasteiger partial charge in [-0.3, -0.25) is 4.99 Å². The van der Waals surface area contributed by atoms with Crippen LogP contribution in [-0.2, 0) is 6.54 Å². The van der Waals surface area contributed by atoms with E-state index < -0.39 is 0 Å². The molecule has 1 N–H and O–H groups in total. The number of halogens is 1. The summed E-state index contributed by atoms with van der Waals surface area (Å²) >= 11 is 0. The first-order valence-electron chi connectivity index (χ1n) is 8.92. The number of aliphatic imine (C=N–C) groups is 1. The molecule has 1 rings (SSSR count). The first-order valence-corrected chi connectivity index (χ1v) is 8.92. The third-order valence-corrected chi connectivity index (χ3v) is 4.25. The van der Waals surface area contributed by atoms with Crippen LogP contribution in [0.15, 0.2) is 29.3 Å². The van der Waals surface area contributed by atoms with Crippen molar-refractivity contribution in [1.29, 1.82) is 0 Å². The van der Waals surface area contributed by atoms with Crippen LogP contribution in [0.4, 0.5) is 0 Å². The van der Waals surface area contributed by atoms with E-state index in [2.05, 4.69) is 47.1 Å². The molecule has 6 heteroatoms. The minimum atomic E-state index is 0. The molecule has 0 heterocycles. The topological polar surface area (TPSA) is 40.1 Å². The molecule has 1 aromatic carbocycles. The Morgan fingerprint density at radius 1 is 1.16 bits per heavy atom. The van der Waals surface area contributed by atoms with Crippen molar-refractivity contribution >= 4 is 29.9 Å². The largest absolute Gasteiger partial charge is 0.496 e. The van der Waals surface area contributed by atoms with Crippen LogP contribution in [0, 0.1) is 0 Å². The van der Waals surface area contributed by atoms with Gasteiger partial charge >= 0.3 is 0 Å². The van der Waals surface area contributed by atoms with E-state index in [-0.39, 0.29) is 24.0 Å². The second-order valence-electron chi connectivity index (χ2n) is 5.88. The summed E-state index contributed by atoms with van der Waals surface area (Å²) in [5, 5.41) is 3.45. The number of nitrogens with one attached hydrogen (secondary N) is 1. The van der Waals surface area contributed by atoms with E-state index in [0.29, 0.717) is 0 Å². The Bertz CT molecular complexity index is 492. The maximum atomic E-state index is 5.42. The van der Waals surface area contributed by atoms with Crippen LogP contribution in [0.2, 0.25) is 0 Å². The molecular weight excluding hydrogens is 427 g/mol. The van der Waals surface area contributed by atoms with Crippen molar-refractivity contribution in [2.75, 3.05) is 47.4 Å². The van der Waals surface area contributed by atoms with E-state index in [9.17, 15) is 0 Å². The molecule has 0 aliphatic heterocycles. The third-order valence-electron chi connectivity index (χ3n) is 4.25. The lowest BCUT2D eigenvalue weighted by atomic mass is 10.2. The van der Waals surface area contributed by atoms with Gasteiger partial charge in [-0.15, -0.1) is 24.0 Å². The Morgan fingerprint density at radius 3 is 2.44 bits per heavy atom. The smallest absolute Gasteiger partial charge is 0.193 e. The van der Waals surface area contributed by atoms with Gasteiger partial charge in [0.05, 0.1) is 7.11 Å². The van der Waals surface area contributed by atoms with Crippen LogP contribution >= 0.6 is 24.0 Å². The summed E-state index contributed by atoms with van der Waals surface area (Å²) in [6.07, 6.45) is 2.36. The second-order valence-corrected chi connectivity index (χ2v) is 5.88. The van der Waals surface area contributed by atoms with E-state index in [1.807, 2.05) is 25.2 Å². The third kappa shape index (κ3) is 8.76. The fraction of sp³-hybridized carbons (Fsp3) is 0.632. The molecule has 0 amide bonds. The lowest BCUT2D eigenvalue weighted by Crippen LogP contribution is -2.39. The van der Waals surface area contributed by atoms with E-state index in [0.717, 1.165) is 49.9 Å². The number of benzene rings is 1. The summed E-state index contributed by atoms with van der Waals surface area (Å²) in [6.45, 7) is 9.59. The molecule has 5 nitrogen and oxygen atoms in total. The van der Waals surface area contributed by atoms with Gasteiger partial charge in [0.25, 0.3) is 0 Å². The minimum absolute atomic E-state index is 0. The van der Waals surface area contributed by atoms with Crippen molar-refractivity contribution in [2.45, 2.75) is 33.2 Å². The first kappa shape index (κ1) is 24.0. The monoisotopic (exact) mass is 462 g/mol. The maximum absolute atomic E-state index is 5.42. The molecule has 1 aromatic rings. The van der Waals surface area contributed by atoms with Crippen molar-refractivity contribution in [3.8, 4) is 5.75 Å². The Morgan fingerprint density at radius 2 is 1.84 bits per heavy atom. The molecule has 0 radical (unpaired) electrons. The van der Waals surface area contributed by atoms with Crippen LogP contribution in [-0.4, -0.2) is 63.1 Å². The zero-order valence-corrected chi connectivity index (χ0v) is 18.7. The Hall–Kier alpha value is -1.02. The highest BCUT2D eigenvalue weighted by Gasteiger charge is 2.09. The molecule has 0 aliphatic carbocycles. The van der Waals surface area contributed by atoms with Crippen molar-refractivity contribution in [1.82, 2.24) is 15.1 Å². The molecule has 0 bridgehead atoms. The summed E-state index contributed by atoms with van der Waals surface area (Å²) in [5.41, 5.74) is 1.16. The first-order chi connectivity index (χ1) is 11.7. The van der Waals surface area contributed by atoms with Gasteiger partial charge < -0.3 is 19.9 Å². The predicted octanol–water partition coefficient (Wildman–Crippen LogP) is 3.44. The van der Waals surface area contributed by atoms with Gasteiger partial charge in [0.15, 0.2) is 5.96 Å². The van der Waals surface area contributed by atoms with Crippen LogP contribution in [0.3, 0.4) is 0 Å². The average Bonchev–Trinajstić information content (AvgIpc) is 2.61. The van der Waals surface area contributed by atoms with Gasteiger partial charge in [-0.2, -0.15) is 0 Å². The molecule has 0 aromatic heterocycles. The lowest BCUT2D eigenvalue weighted by Gasteiger charge is -2.23. The SMILES string of the molecule is CCN(CC)CCCCNC(=NC)N(C)Cc1ccccc1OC.I. The maximum Gasteiger partial charge on any atom is 0.193 e. The zero-order valence-electron chi connectivity index (χ0n) is 16.4. The summed E-state index contributed by atoms with van der Waals surface area (Å²) in [4.78, 5) is 8.97. The number of methoxy groups -OCH3 is 1. The van der Waals surface area contributed by atoms with Gasteiger partial charge in [0.2, 0.25) is 0 Å². The van der Waals surface area contributed by atoms with E-state index in [4.69, 9.17) is 4.74 Å². The van der Waals surface area contributed by atoms with Crippen molar-refractivity contribution in [3.05, 3.63) is 29.8 Å². The van der Waals surface area contributed by atoms with Crippen LogP contribution in [0.5, 0.6) is 5.75 Å². The second kappa shape index (κ2) is 14.2. The zero-order chi connectivity index (χ0) is 17.8. The lowest BCUT2D eigenvalue weighted by molar-refractivity contribution is 0.297. The van der Waals surface area contributed by atoms with E-state index in [1.54, 1.807) is 7.11 Å². The van der Waals surface area contributed by atoms with Gasteiger partial charge in [-0.1, -0.05) is 32.0 Å². The van der Waals surface area contributed by atoms with Gasteiger partial charge in [0.1, 0.15) is 5.75 Å². The molecule has 0 saturated carbocycles. The standard InChI is InChI=1S/C19H34N4O.HI/c1-6-23(7-2)15-11-10-14-21-19(20-3)22(4)16-17-12-8-9-13-18(17)24-5;/h8-9,12-13H,6-7,10-11,14-16H2,1-5H3,(H,20,21);1H. The fourth-order valence-corrected chi connectivity index (χ4v) is 2.75.